The van der Waals surface area contributed by atoms with Crippen molar-refractivity contribution >= 4 is 28.7 Å². The Labute approximate surface area is 174 Å². The predicted octanol–water partition coefficient (Wildman–Crippen LogP) is 4.95. The summed E-state index contributed by atoms with van der Waals surface area (Å²) in [6.45, 7) is 0. The number of nitrogens with one attached hydrogen (secondary N) is 3. The molecule has 5 rings (SSSR count). The summed E-state index contributed by atoms with van der Waals surface area (Å²) < 4.78 is 40.3. The van der Waals surface area contributed by atoms with Crippen LogP contribution in [0.5, 0.6) is 0 Å². The summed E-state index contributed by atoms with van der Waals surface area (Å²) in [6, 6.07) is 11.7. The van der Waals surface area contributed by atoms with Crippen molar-refractivity contribution in [2.75, 3.05) is 10.6 Å². The largest absolute Gasteiger partial charge is 0.434 e. The number of carbonyl (C=O) groups excluding carboxylic acids is 1. The van der Waals surface area contributed by atoms with Gasteiger partial charge in [-0.3, -0.25) is 14.3 Å². The Morgan fingerprint density at radius 3 is 2.55 bits per heavy atom. The molecule has 0 radical (unpaired) electrons. The number of aromatic nitrogens is 4. The zero-order valence-electron chi connectivity index (χ0n) is 16.1. The molecular formula is C21H17F3N6O. The van der Waals surface area contributed by atoms with E-state index in [9.17, 15) is 18.0 Å². The van der Waals surface area contributed by atoms with Gasteiger partial charge in [-0.15, -0.1) is 0 Å². The van der Waals surface area contributed by atoms with Crippen molar-refractivity contribution < 1.29 is 18.0 Å². The highest BCUT2D eigenvalue weighted by molar-refractivity contribution is 6.05. The number of fused-ring (bicyclic) bond motifs is 1. The number of carbonyl (C=O) groups is 1. The van der Waals surface area contributed by atoms with Crippen molar-refractivity contribution in [2.45, 2.75) is 24.9 Å². The number of amides is 1. The van der Waals surface area contributed by atoms with E-state index in [2.05, 4.69) is 25.8 Å². The average molecular weight is 426 g/mol. The molecule has 10 heteroatoms. The molecule has 1 aliphatic carbocycles. The molecule has 0 bridgehead atoms. The fourth-order valence-corrected chi connectivity index (χ4v) is 3.39. The lowest BCUT2D eigenvalue weighted by atomic mass is 10.1. The first kappa shape index (κ1) is 19.2. The standard InChI is InChI=1S/C21H17F3N6O/c22-21(23,24)16-11-30-17(2-1-3-18(30)28-16)26-13-6-8-14(9-7-13)27-20(31)15-10-25-29-19(15)12-4-5-12/h1-3,6-12,26H,4-5H2,(H,25,29)(H,27,31). The summed E-state index contributed by atoms with van der Waals surface area (Å²) in [4.78, 5) is 16.2. The number of imidazole rings is 1. The molecule has 31 heavy (non-hydrogen) atoms. The van der Waals surface area contributed by atoms with E-state index >= 15 is 0 Å². The van der Waals surface area contributed by atoms with E-state index in [1.165, 1.54) is 16.7 Å². The van der Waals surface area contributed by atoms with Gasteiger partial charge in [0.1, 0.15) is 11.5 Å². The molecule has 0 unspecified atom stereocenters. The van der Waals surface area contributed by atoms with Gasteiger partial charge in [0.15, 0.2) is 5.69 Å². The second-order valence-electron chi connectivity index (χ2n) is 7.39. The maximum absolute atomic E-state index is 13.0. The quantitative estimate of drug-likeness (QED) is 0.421. The lowest BCUT2D eigenvalue weighted by molar-refractivity contribution is -0.140. The summed E-state index contributed by atoms with van der Waals surface area (Å²) in [5.74, 6) is 0.572. The molecule has 3 heterocycles. The van der Waals surface area contributed by atoms with Crippen LogP contribution in [0.25, 0.3) is 5.65 Å². The smallest absolute Gasteiger partial charge is 0.341 e. The Hall–Kier alpha value is -3.82. The molecule has 0 aliphatic heterocycles. The van der Waals surface area contributed by atoms with Gasteiger partial charge in [-0.1, -0.05) is 6.07 Å². The minimum atomic E-state index is -4.52. The summed E-state index contributed by atoms with van der Waals surface area (Å²) in [6.07, 6.45) is 0.0694. The first-order valence-corrected chi connectivity index (χ1v) is 9.65. The van der Waals surface area contributed by atoms with Crippen molar-refractivity contribution in [1.29, 1.82) is 0 Å². The highest BCUT2D eigenvalue weighted by Gasteiger charge is 2.34. The third kappa shape index (κ3) is 3.83. The van der Waals surface area contributed by atoms with Gasteiger partial charge in [0.25, 0.3) is 5.91 Å². The SMILES string of the molecule is O=C(Nc1ccc(Nc2cccc3nc(C(F)(F)F)cn23)cc1)c1cn[nH]c1C1CC1. The molecule has 4 aromatic rings. The van der Waals surface area contributed by atoms with Crippen molar-refractivity contribution in [3.05, 3.63) is 71.8 Å². The second-order valence-corrected chi connectivity index (χ2v) is 7.39. The molecule has 7 nitrogen and oxygen atoms in total. The predicted molar refractivity (Wildman–Crippen MR) is 108 cm³/mol. The van der Waals surface area contributed by atoms with Gasteiger partial charge in [0, 0.05) is 23.5 Å². The highest BCUT2D eigenvalue weighted by atomic mass is 19.4. The molecule has 0 saturated heterocycles. The first-order chi connectivity index (χ1) is 14.9. The maximum Gasteiger partial charge on any atom is 0.434 e. The molecule has 1 aromatic carbocycles. The molecule has 1 aliphatic rings. The number of nitrogens with zero attached hydrogens (tertiary/aromatic N) is 3. The van der Waals surface area contributed by atoms with Gasteiger partial charge < -0.3 is 10.6 Å². The van der Waals surface area contributed by atoms with E-state index in [1.807, 2.05) is 0 Å². The third-order valence-electron chi connectivity index (χ3n) is 5.10. The minimum absolute atomic E-state index is 0.188. The summed E-state index contributed by atoms with van der Waals surface area (Å²) in [5.41, 5.74) is 1.88. The molecule has 3 N–H and O–H groups in total. The summed E-state index contributed by atoms with van der Waals surface area (Å²) in [7, 11) is 0. The minimum Gasteiger partial charge on any atom is -0.341 e. The number of halogens is 3. The molecule has 3 aromatic heterocycles. The summed E-state index contributed by atoms with van der Waals surface area (Å²) in [5, 5.41) is 12.8. The molecule has 158 valence electrons. The van der Waals surface area contributed by atoms with Gasteiger partial charge in [-0.2, -0.15) is 18.3 Å². The van der Waals surface area contributed by atoms with E-state index in [1.54, 1.807) is 36.4 Å². The third-order valence-corrected chi connectivity index (χ3v) is 5.10. The maximum atomic E-state index is 13.0. The zero-order valence-corrected chi connectivity index (χ0v) is 16.1. The van der Waals surface area contributed by atoms with Crippen LogP contribution >= 0.6 is 0 Å². The van der Waals surface area contributed by atoms with Crippen LogP contribution in [0.4, 0.5) is 30.4 Å². The fourth-order valence-electron chi connectivity index (χ4n) is 3.39. The van der Waals surface area contributed by atoms with E-state index < -0.39 is 11.9 Å². The number of pyridine rings is 1. The van der Waals surface area contributed by atoms with Crippen LogP contribution in [-0.4, -0.2) is 25.5 Å². The topological polar surface area (TPSA) is 87.1 Å². The van der Waals surface area contributed by atoms with Crippen LogP contribution in [0.1, 0.15) is 40.5 Å². The lowest BCUT2D eigenvalue weighted by Gasteiger charge is -2.10. The van der Waals surface area contributed by atoms with Gasteiger partial charge >= 0.3 is 6.18 Å². The number of hydrogen-bond acceptors (Lipinski definition) is 4. The zero-order chi connectivity index (χ0) is 21.6. The Kier molecular flexibility index (Phi) is 4.42. The van der Waals surface area contributed by atoms with Gasteiger partial charge in [0.05, 0.1) is 17.5 Å². The molecular weight excluding hydrogens is 409 g/mol. The van der Waals surface area contributed by atoms with Crippen LogP contribution < -0.4 is 10.6 Å². The van der Waals surface area contributed by atoms with Crippen LogP contribution in [0.2, 0.25) is 0 Å². The monoisotopic (exact) mass is 426 g/mol. The van der Waals surface area contributed by atoms with E-state index in [-0.39, 0.29) is 11.6 Å². The molecule has 1 fully saturated rings. The van der Waals surface area contributed by atoms with Gasteiger partial charge in [-0.25, -0.2) is 4.98 Å². The van der Waals surface area contributed by atoms with Crippen LogP contribution in [0.3, 0.4) is 0 Å². The Bertz CT molecular complexity index is 1250. The van der Waals surface area contributed by atoms with Crippen molar-refractivity contribution in [3.8, 4) is 0 Å². The van der Waals surface area contributed by atoms with Crippen LogP contribution in [0.15, 0.2) is 54.9 Å². The van der Waals surface area contributed by atoms with Crippen molar-refractivity contribution in [2.24, 2.45) is 0 Å². The van der Waals surface area contributed by atoms with Crippen molar-refractivity contribution in [1.82, 2.24) is 19.6 Å². The van der Waals surface area contributed by atoms with Gasteiger partial charge in [0.2, 0.25) is 0 Å². The Morgan fingerprint density at radius 1 is 1.10 bits per heavy atom. The fraction of sp³-hybridized carbons (Fsp3) is 0.190. The van der Waals surface area contributed by atoms with Crippen LogP contribution in [0, 0.1) is 0 Å². The molecule has 0 spiro atoms. The Morgan fingerprint density at radius 2 is 1.84 bits per heavy atom. The number of aromatic amines is 1. The number of hydrogen-bond donors (Lipinski definition) is 3. The summed E-state index contributed by atoms with van der Waals surface area (Å²) >= 11 is 0. The van der Waals surface area contributed by atoms with E-state index in [0.717, 1.165) is 24.7 Å². The second kappa shape index (κ2) is 7.15. The normalized spacial score (nSPS) is 14.0. The lowest BCUT2D eigenvalue weighted by Crippen LogP contribution is -2.13. The highest BCUT2D eigenvalue weighted by Crippen LogP contribution is 2.40. The van der Waals surface area contributed by atoms with Crippen LogP contribution in [-0.2, 0) is 6.18 Å². The van der Waals surface area contributed by atoms with E-state index in [4.69, 9.17) is 0 Å². The molecule has 0 atom stereocenters. The van der Waals surface area contributed by atoms with Crippen molar-refractivity contribution in [3.63, 3.8) is 0 Å². The number of anilines is 3. The molecule has 1 saturated carbocycles. The number of rotatable bonds is 5. The number of H-pyrrole nitrogens is 1. The average Bonchev–Trinajstić information content (AvgIpc) is 3.27. The van der Waals surface area contributed by atoms with E-state index in [0.29, 0.717) is 28.7 Å². The number of alkyl halides is 3. The van der Waals surface area contributed by atoms with Gasteiger partial charge in [-0.05, 0) is 49.2 Å². The Balaban J connectivity index is 1.32. The number of benzene rings is 1. The first-order valence-electron chi connectivity index (χ1n) is 9.65. The molecule has 1 amide bonds.